The van der Waals surface area contributed by atoms with Crippen molar-refractivity contribution in [1.82, 2.24) is 19.7 Å². The van der Waals surface area contributed by atoms with E-state index in [9.17, 15) is 4.79 Å². The number of piperidine rings is 1. The number of anilines is 1. The maximum Gasteiger partial charge on any atom is 0.238 e. The quantitative estimate of drug-likeness (QED) is 0.711. The van der Waals surface area contributed by atoms with Gasteiger partial charge >= 0.3 is 0 Å². The van der Waals surface area contributed by atoms with Gasteiger partial charge in [0.25, 0.3) is 0 Å². The predicted octanol–water partition coefficient (Wildman–Crippen LogP) is 3.16. The van der Waals surface area contributed by atoms with Crippen LogP contribution >= 0.6 is 0 Å². The molecule has 2 aliphatic rings. The third kappa shape index (κ3) is 3.85. The average molecular weight is 403 g/mol. The van der Waals surface area contributed by atoms with Crippen LogP contribution in [0.15, 0.2) is 47.8 Å². The minimum atomic E-state index is 0.00334. The van der Waals surface area contributed by atoms with E-state index in [-0.39, 0.29) is 11.9 Å². The summed E-state index contributed by atoms with van der Waals surface area (Å²) in [6.07, 6.45) is 8.42. The van der Waals surface area contributed by atoms with Gasteiger partial charge in [0.05, 0.1) is 23.9 Å². The molecule has 0 bridgehead atoms. The second kappa shape index (κ2) is 7.65. The third-order valence-corrected chi connectivity index (χ3v) is 5.98. The van der Waals surface area contributed by atoms with Gasteiger partial charge in [0.2, 0.25) is 5.91 Å². The van der Waals surface area contributed by atoms with E-state index in [1.807, 2.05) is 31.7 Å². The van der Waals surface area contributed by atoms with E-state index in [4.69, 9.17) is 0 Å². The lowest BCUT2D eigenvalue weighted by molar-refractivity contribution is -0.117. The zero-order valence-electron chi connectivity index (χ0n) is 17.3. The molecule has 0 spiro atoms. The lowest BCUT2D eigenvalue weighted by Crippen LogP contribution is -2.42. The van der Waals surface area contributed by atoms with E-state index in [1.165, 1.54) is 16.5 Å². The molecule has 1 unspecified atom stereocenters. The average Bonchev–Trinajstić information content (AvgIpc) is 3.48. The van der Waals surface area contributed by atoms with Gasteiger partial charge in [-0.15, -0.1) is 0 Å². The largest absolute Gasteiger partial charge is 0.322 e. The van der Waals surface area contributed by atoms with Crippen molar-refractivity contribution in [3.05, 3.63) is 54.0 Å². The molecule has 3 atom stereocenters. The van der Waals surface area contributed by atoms with Crippen LogP contribution in [-0.2, 0) is 11.8 Å². The normalized spacial score (nSPS) is 23.6. The summed E-state index contributed by atoms with van der Waals surface area (Å²) in [5.74, 6) is 0.900. The van der Waals surface area contributed by atoms with Gasteiger partial charge in [0, 0.05) is 49.7 Å². The number of benzene rings is 1. The van der Waals surface area contributed by atoms with Crippen LogP contribution in [0.1, 0.15) is 36.4 Å². The van der Waals surface area contributed by atoms with Crippen molar-refractivity contribution in [1.29, 1.82) is 0 Å². The molecule has 1 saturated heterocycles. The maximum absolute atomic E-state index is 12.6. The summed E-state index contributed by atoms with van der Waals surface area (Å²) in [6, 6.07) is 8.80. The first-order chi connectivity index (χ1) is 14.6. The van der Waals surface area contributed by atoms with Crippen LogP contribution in [0.5, 0.6) is 0 Å². The van der Waals surface area contributed by atoms with Gasteiger partial charge < -0.3 is 5.32 Å². The molecule has 154 valence electrons. The molecule has 1 N–H and O–H groups in total. The second-order valence-corrected chi connectivity index (χ2v) is 8.57. The van der Waals surface area contributed by atoms with Crippen LogP contribution in [-0.4, -0.2) is 51.4 Å². The molecule has 5 rings (SSSR count). The molecule has 2 aromatic heterocycles. The van der Waals surface area contributed by atoms with Crippen LogP contribution in [0.2, 0.25) is 0 Å². The SMILES string of the molecule is C[C@@H]1C[C@@H](c2ccc(C3C=N3)c3ncccc23)CN(CC(=O)Nc2cnn(C)c2)C1. The summed E-state index contributed by atoms with van der Waals surface area (Å²) in [6.45, 7) is 4.46. The summed E-state index contributed by atoms with van der Waals surface area (Å²) in [7, 11) is 1.84. The number of likely N-dealkylation sites (tertiary alicyclic amines) is 1. The lowest BCUT2D eigenvalue weighted by atomic mass is 9.83. The van der Waals surface area contributed by atoms with Crippen molar-refractivity contribution in [3.63, 3.8) is 0 Å². The Labute approximate surface area is 175 Å². The molecule has 7 heteroatoms. The smallest absolute Gasteiger partial charge is 0.238 e. The van der Waals surface area contributed by atoms with Crippen LogP contribution in [0.4, 0.5) is 5.69 Å². The fraction of sp³-hybridized carbons (Fsp3) is 0.391. The number of fused-ring (bicyclic) bond motifs is 1. The first kappa shape index (κ1) is 18.9. The van der Waals surface area contributed by atoms with Crippen molar-refractivity contribution >= 4 is 28.7 Å². The predicted molar refractivity (Wildman–Crippen MR) is 118 cm³/mol. The summed E-state index contributed by atoms with van der Waals surface area (Å²) < 4.78 is 1.68. The molecule has 0 radical (unpaired) electrons. The Hall–Kier alpha value is -3.06. The first-order valence-electron chi connectivity index (χ1n) is 10.5. The van der Waals surface area contributed by atoms with Gasteiger partial charge in [-0.25, -0.2) is 0 Å². The zero-order chi connectivity index (χ0) is 20.7. The zero-order valence-corrected chi connectivity index (χ0v) is 17.3. The monoisotopic (exact) mass is 402 g/mol. The fourth-order valence-corrected chi connectivity index (χ4v) is 4.72. The van der Waals surface area contributed by atoms with Crippen LogP contribution < -0.4 is 5.32 Å². The highest BCUT2D eigenvalue weighted by Crippen LogP contribution is 2.37. The number of carbonyl (C=O) groups is 1. The lowest BCUT2D eigenvalue weighted by Gasteiger charge is -2.36. The number of aromatic nitrogens is 3. The molecule has 0 aliphatic carbocycles. The van der Waals surface area contributed by atoms with E-state index in [2.05, 4.69) is 50.4 Å². The summed E-state index contributed by atoms with van der Waals surface area (Å²) in [4.78, 5) is 23.8. The highest BCUT2D eigenvalue weighted by Gasteiger charge is 2.29. The third-order valence-electron chi connectivity index (χ3n) is 5.98. The highest BCUT2D eigenvalue weighted by molar-refractivity contribution is 5.93. The molecule has 4 heterocycles. The maximum atomic E-state index is 12.6. The van der Waals surface area contributed by atoms with E-state index in [0.717, 1.165) is 30.7 Å². The molecule has 7 nitrogen and oxygen atoms in total. The van der Waals surface area contributed by atoms with Crippen LogP contribution in [0, 0.1) is 5.92 Å². The minimum Gasteiger partial charge on any atom is -0.322 e. The fourth-order valence-electron chi connectivity index (χ4n) is 4.72. The number of aryl methyl sites for hydroxylation is 1. The van der Waals surface area contributed by atoms with Gasteiger partial charge in [0.15, 0.2) is 0 Å². The Kier molecular flexibility index (Phi) is 4.83. The van der Waals surface area contributed by atoms with Crippen molar-refractivity contribution < 1.29 is 4.79 Å². The number of rotatable bonds is 5. The highest BCUT2D eigenvalue weighted by atomic mass is 16.2. The molecular weight excluding hydrogens is 376 g/mol. The number of amides is 1. The van der Waals surface area contributed by atoms with Gasteiger partial charge in [-0.2, -0.15) is 5.10 Å². The Bertz CT molecular complexity index is 1110. The molecule has 3 aromatic rings. The number of hydrogen-bond donors (Lipinski definition) is 1. The Balaban J connectivity index is 1.35. The second-order valence-electron chi connectivity index (χ2n) is 8.57. The van der Waals surface area contributed by atoms with E-state index < -0.39 is 0 Å². The van der Waals surface area contributed by atoms with E-state index >= 15 is 0 Å². The van der Waals surface area contributed by atoms with Crippen molar-refractivity contribution in [2.24, 2.45) is 18.0 Å². The van der Waals surface area contributed by atoms with Gasteiger partial charge in [-0.3, -0.25) is 24.4 Å². The number of carbonyl (C=O) groups excluding carboxylic acids is 1. The van der Waals surface area contributed by atoms with Crippen molar-refractivity contribution in [2.75, 3.05) is 25.0 Å². The molecular formula is C23H26N6O. The van der Waals surface area contributed by atoms with Gasteiger partial charge in [-0.1, -0.05) is 25.1 Å². The molecule has 1 amide bonds. The Morgan fingerprint density at radius 2 is 2.07 bits per heavy atom. The van der Waals surface area contributed by atoms with Gasteiger partial charge in [-0.05, 0) is 29.9 Å². The summed E-state index contributed by atoms with van der Waals surface area (Å²) >= 11 is 0. The first-order valence-corrected chi connectivity index (χ1v) is 10.5. The standard InChI is InChI=1S/C23H26N6O/c1-15-8-16(12-29(11-15)14-22(30)27-17-9-26-28(2)13-17)18-5-6-20(21-10-25-21)23-19(18)4-3-7-24-23/h3-7,9-10,13,15-16,21H,8,11-12,14H2,1-2H3,(H,27,30)/t15-,16-,21?/m1/s1. The topological polar surface area (TPSA) is 75.4 Å². The summed E-state index contributed by atoms with van der Waals surface area (Å²) in [5, 5.41) is 8.27. The number of nitrogens with zero attached hydrogens (tertiary/aromatic N) is 5. The van der Waals surface area contributed by atoms with E-state index in [0.29, 0.717) is 18.4 Å². The van der Waals surface area contributed by atoms with E-state index in [1.54, 1.807) is 10.9 Å². The number of nitrogens with one attached hydrogen (secondary N) is 1. The number of hydrogen-bond acceptors (Lipinski definition) is 5. The van der Waals surface area contributed by atoms with Crippen molar-refractivity contribution in [3.8, 4) is 0 Å². The molecule has 2 aliphatic heterocycles. The molecule has 30 heavy (non-hydrogen) atoms. The molecule has 1 fully saturated rings. The molecule has 1 aromatic carbocycles. The summed E-state index contributed by atoms with van der Waals surface area (Å²) in [5.41, 5.74) is 4.30. The minimum absolute atomic E-state index is 0.00334. The van der Waals surface area contributed by atoms with Crippen LogP contribution in [0.25, 0.3) is 10.9 Å². The number of pyridine rings is 1. The number of aliphatic imine (C=N–C) groups is 1. The molecule has 0 saturated carbocycles. The Morgan fingerprint density at radius 1 is 1.23 bits per heavy atom. The van der Waals surface area contributed by atoms with Gasteiger partial charge in [0.1, 0.15) is 6.04 Å². The van der Waals surface area contributed by atoms with Crippen LogP contribution in [0.3, 0.4) is 0 Å². The Morgan fingerprint density at radius 3 is 2.83 bits per heavy atom. The van der Waals surface area contributed by atoms with Crippen molar-refractivity contribution in [2.45, 2.75) is 25.3 Å².